The van der Waals surface area contributed by atoms with Gasteiger partial charge in [-0.25, -0.2) is 4.39 Å². The van der Waals surface area contributed by atoms with E-state index < -0.39 is 11.0 Å². The zero-order valence-corrected chi connectivity index (χ0v) is 12.1. The Balaban J connectivity index is 1.67. The van der Waals surface area contributed by atoms with Crippen molar-refractivity contribution in [1.29, 1.82) is 0 Å². The Morgan fingerprint density at radius 1 is 1.48 bits per heavy atom. The Morgan fingerprint density at radius 2 is 2.30 bits per heavy atom. The van der Waals surface area contributed by atoms with Gasteiger partial charge in [0.1, 0.15) is 30.6 Å². The Morgan fingerprint density at radius 3 is 3.04 bits per heavy atom. The van der Waals surface area contributed by atoms with E-state index in [1.165, 1.54) is 23.0 Å². The van der Waals surface area contributed by atoms with Gasteiger partial charge in [0.05, 0.1) is 29.8 Å². The highest BCUT2D eigenvalue weighted by Crippen LogP contribution is 2.32. The van der Waals surface area contributed by atoms with Crippen LogP contribution in [0.2, 0.25) is 0 Å². The number of halogens is 1. The number of benzene rings is 1. The molecular formula is C14H15FN4O4. The van der Waals surface area contributed by atoms with Gasteiger partial charge in [0.15, 0.2) is 0 Å². The minimum Gasteiger partial charge on any atom is -0.490 e. The molecular weight excluding hydrogens is 307 g/mol. The zero-order chi connectivity index (χ0) is 16.4. The highest BCUT2D eigenvalue weighted by atomic mass is 19.1. The Labute approximate surface area is 130 Å². The lowest BCUT2D eigenvalue weighted by atomic mass is 10.2. The van der Waals surface area contributed by atoms with E-state index in [9.17, 15) is 19.6 Å². The molecule has 0 saturated heterocycles. The van der Waals surface area contributed by atoms with E-state index in [0.717, 1.165) is 6.20 Å². The number of aliphatic hydroxyl groups is 1. The van der Waals surface area contributed by atoms with Crippen LogP contribution in [0.25, 0.3) is 0 Å². The molecule has 0 bridgehead atoms. The summed E-state index contributed by atoms with van der Waals surface area (Å²) in [5.74, 6) is 0.191. The molecule has 3 rings (SSSR count). The number of rotatable bonds is 5. The second kappa shape index (κ2) is 6.21. The molecule has 0 saturated carbocycles. The predicted molar refractivity (Wildman–Crippen MR) is 79.0 cm³/mol. The van der Waals surface area contributed by atoms with E-state index in [4.69, 9.17) is 4.74 Å². The summed E-state index contributed by atoms with van der Waals surface area (Å²) in [6.45, 7) is 1.31. The van der Waals surface area contributed by atoms with E-state index in [1.54, 1.807) is 6.07 Å². The molecule has 1 aliphatic heterocycles. The maximum Gasteiger partial charge on any atom is 0.306 e. The fourth-order valence-electron chi connectivity index (χ4n) is 2.51. The highest BCUT2D eigenvalue weighted by Gasteiger charge is 2.22. The van der Waals surface area contributed by atoms with E-state index in [2.05, 4.69) is 5.10 Å². The van der Waals surface area contributed by atoms with Crippen LogP contribution in [-0.4, -0.2) is 45.6 Å². The summed E-state index contributed by atoms with van der Waals surface area (Å²) >= 11 is 0. The quantitative estimate of drug-likeness (QED) is 0.656. The van der Waals surface area contributed by atoms with Gasteiger partial charge in [-0.2, -0.15) is 5.10 Å². The molecule has 0 fully saturated rings. The van der Waals surface area contributed by atoms with Gasteiger partial charge in [-0.05, 0) is 12.1 Å². The van der Waals surface area contributed by atoms with Gasteiger partial charge >= 0.3 is 5.69 Å². The summed E-state index contributed by atoms with van der Waals surface area (Å²) < 4.78 is 20.2. The maximum absolute atomic E-state index is 13.4. The molecule has 0 spiro atoms. The standard InChI is InChI=1S/C14H15FN4O4/c15-10-1-2-14-13(5-10)17(3-4-23-14)8-12(20)9-18-7-11(6-16-18)19(21)22/h1-2,5-7,12,20H,3-4,8-9H2. The maximum atomic E-state index is 13.4. The smallest absolute Gasteiger partial charge is 0.306 e. The molecule has 2 aromatic rings. The molecule has 0 aliphatic carbocycles. The van der Waals surface area contributed by atoms with E-state index in [1.807, 2.05) is 4.90 Å². The number of hydrogen-bond donors (Lipinski definition) is 1. The normalized spacial score (nSPS) is 15.0. The van der Waals surface area contributed by atoms with Crippen molar-refractivity contribution in [3.63, 3.8) is 0 Å². The number of ether oxygens (including phenoxy) is 1. The number of fused-ring (bicyclic) bond motifs is 1. The lowest BCUT2D eigenvalue weighted by molar-refractivity contribution is -0.385. The van der Waals surface area contributed by atoms with Gasteiger partial charge in [0.2, 0.25) is 0 Å². The van der Waals surface area contributed by atoms with Crippen LogP contribution in [0.15, 0.2) is 30.6 Å². The first-order chi connectivity index (χ1) is 11.0. The summed E-state index contributed by atoms with van der Waals surface area (Å²) in [6.07, 6.45) is 1.58. The van der Waals surface area contributed by atoms with Gasteiger partial charge in [-0.3, -0.25) is 14.8 Å². The second-order valence-electron chi connectivity index (χ2n) is 5.24. The van der Waals surface area contributed by atoms with Gasteiger partial charge in [0, 0.05) is 12.6 Å². The first kappa shape index (κ1) is 15.2. The number of nitro groups is 1. The molecule has 2 heterocycles. The van der Waals surface area contributed by atoms with Crippen LogP contribution in [-0.2, 0) is 6.54 Å². The van der Waals surface area contributed by atoms with Crippen molar-refractivity contribution in [2.45, 2.75) is 12.6 Å². The van der Waals surface area contributed by atoms with Crippen LogP contribution in [0.3, 0.4) is 0 Å². The van der Waals surface area contributed by atoms with Crippen molar-refractivity contribution in [2.24, 2.45) is 0 Å². The molecule has 23 heavy (non-hydrogen) atoms. The van der Waals surface area contributed by atoms with Crippen molar-refractivity contribution in [3.8, 4) is 5.75 Å². The highest BCUT2D eigenvalue weighted by molar-refractivity contribution is 5.60. The van der Waals surface area contributed by atoms with Crippen LogP contribution >= 0.6 is 0 Å². The average molecular weight is 322 g/mol. The number of anilines is 1. The number of aromatic nitrogens is 2. The molecule has 1 aromatic heterocycles. The second-order valence-corrected chi connectivity index (χ2v) is 5.24. The number of aliphatic hydroxyl groups excluding tert-OH is 1. The van der Waals surface area contributed by atoms with Gasteiger partial charge < -0.3 is 14.7 Å². The number of β-amino-alcohol motifs (C(OH)–C–C–N with tert-alkyl or cyclic N) is 1. The van der Waals surface area contributed by atoms with Crippen molar-refractivity contribution in [3.05, 3.63) is 46.5 Å². The van der Waals surface area contributed by atoms with E-state index in [0.29, 0.717) is 24.6 Å². The fraction of sp³-hybridized carbons (Fsp3) is 0.357. The van der Waals surface area contributed by atoms with Crippen molar-refractivity contribution >= 4 is 11.4 Å². The lowest BCUT2D eigenvalue weighted by Crippen LogP contribution is -2.40. The molecule has 1 N–H and O–H groups in total. The molecule has 1 aromatic carbocycles. The lowest BCUT2D eigenvalue weighted by Gasteiger charge is -2.32. The monoisotopic (exact) mass is 322 g/mol. The molecule has 8 nitrogen and oxygen atoms in total. The largest absolute Gasteiger partial charge is 0.490 e. The molecule has 9 heteroatoms. The Kier molecular flexibility index (Phi) is 4.11. The zero-order valence-electron chi connectivity index (χ0n) is 12.1. The first-order valence-corrected chi connectivity index (χ1v) is 7.05. The minimum atomic E-state index is -0.816. The fourth-order valence-corrected chi connectivity index (χ4v) is 2.51. The van der Waals surface area contributed by atoms with E-state index >= 15 is 0 Å². The van der Waals surface area contributed by atoms with Gasteiger partial charge in [-0.15, -0.1) is 0 Å². The Bertz CT molecular complexity index is 721. The number of hydrogen-bond acceptors (Lipinski definition) is 6. The van der Waals surface area contributed by atoms with Crippen LogP contribution < -0.4 is 9.64 Å². The topological polar surface area (TPSA) is 93.7 Å². The van der Waals surface area contributed by atoms with Crippen LogP contribution in [0.5, 0.6) is 5.75 Å². The third-order valence-electron chi connectivity index (χ3n) is 3.54. The van der Waals surface area contributed by atoms with Gasteiger partial charge in [0.25, 0.3) is 0 Å². The summed E-state index contributed by atoms with van der Waals surface area (Å²) in [5, 5.41) is 24.6. The summed E-state index contributed by atoms with van der Waals surface area (Å²) in [7, 11) is 0. The molecule has 0 radical (unpaired) electrons. The number of nitrogens with zero attached hydrogens (tertiary/aromatic N) is 4. The van der Waals surface area contributed by atoms with Gasteiger partial charge in [-0.1, -0.05) is 0 Å². The van der Waals surface area contributed by atoms with Crippen LogP contribution in [0, 0.1) is 15.9 Å². The molecule has 1 atom stereocenters. The molecule has 0 amide bonds. The molecule has 1 aliphatic rings. The third-order valence-corrected chi connectivity index (χ3v) is 3.54. The summed E-state index contributed by atoms with van der Waals surface area (Å²) in [6, 6.07) is 4.24. The van der Waals surface area contributed by atoms with Crippen LogP contribution in [0.1, 0.15) is 0 Å². The van der Waals surface area contributed by atoms with Crippen molar-refractivity contribution in [2.75, 3.05) is 24.6 Å². The third kappa shape index (κ3) is 3.39. The predicted octanol–water partition coefficient (Wildman–Crippen LogP) is 1.19. The SMILES string of the molecule is O=[N+]([O-])c1cnn(CC(O)CN2CCOc3ccc(F)cc32)c1. The molecule has 122 valence electrons. The van der Waals surface area contributed by atoms with Crippen molar-refractivity contribution in [1.82, 2.24) is 9.78 Å². The first-order valence-electron chi connectivity index (χ1n) is 7.05. The summed E-state index contributed by atoms with van der Waals surface area (Å²) in [5.41, 5.74) is 0.456. The summed E-state index contributed by atoms with van der Waals surface area (Å²) in [4.78, 5) is 11.9. The molecule has 1 unspecified atom stereocenters. The van der Waals surface area contributed by atoms with Crippen molar-refractivity contribution < 1.29 is 19.2 Å². The average Bonchev–Trinajstić information content (AvgIpc) is 2.96. The minimum absolute atomic E-state index is 0.107. The Hall–Kier alpha value is -2.68. The van der Waals surface area contributed by atoms with E-state index in [-0.39, 0.29) is 24.6 Å². The van der Waals surface area contributed by atoms with Crippen LogP contribution in [0.4, 0.5) is 15.8 Å².